The Morgan fingerprint density at radius 1 is 1.29 bits per heavy atom. The summed E-state index contributed by atoms with van der Waals surface area (Å²) in [4.78, 5) is 4.64. The van der Waals surface area contributed by atoms with Crippen LogP contribution in [0, 0.1) is 6.92 Å². The minimum Gasteiger partial charge on any atom is -0.260 e. The fourth-order valence-electron chi connectivity index (χ4n) is 1.55. The van der Waals surface area contributed by atoms with E-state index in [0.717, 1.165) is 12.1 Å². The monoisotopic (exact) mass is 265 g/mol. The van der Waals surface area contributed by atoms with Crippen LogP contribution in [-0.2, 0) is 0 Å². The lowest BCUT2D eigenvalue weighted by Crippen LogP contribution is -2.20. The van der Waals surface area contributed by atoms with Crippen molar-refractivity contribution in [1.82, 2.24) is 0 Å². The highest BCUT2D eigenvalue weighted by molar-refractivity contribution is 8.29. The van der Waals surface area contributed by atoms with Crippen LogP contribution in [0.5, 0.6) is 0 Å². The Balaban J connectivity index is 2.72. The molecular weight excluding hydrogens is 242 g/mol. The molecule has 0 spiro atoms. The number of nitrogens with zero attached hydrogens (tertiary/aromatic N) is 1. The van der Waals surface area contributed by atoms with Gasteiger partial charge in [-0.2, -0.15) is 11.2 Å². The second-order valence-electron chi connectivity index (χ2n) is 5.24. The summed E-state index contributed by atoms with van der Waals surface area (Å²) >= 11 is 2.12. The van der Waals surface area contributed by atoms with Crippen molar-refractivity contribution in [2.24, 2.45) is 4.99 Å². The number of rotatable bonds is 5. The molecule has 0 aliphatic rings. The van der Waals surface area contributed by atoms with Crippen LogP contribution in [0.2, 0.25) is 19.6 Å². The Morgan fingerprint density at radius 3 is 2.47 bits per heavy atom. The summed E-state index contributed by atoms with van der Waals surface area (Å²) in [6, 6.07) is 8.30. The van der Waals surface area contributed by atoms with Gasteiger partial charge in [0.05, 0.1) is 5.69 Å². The fourth-order valence-corrected chi connectivity index (χ4v) is 6.15. The number of benzene rings is 1. The SMILES string of the molecule is CCC(C=Nc1ccccc1C)S[Si](C)(C)C. The Bertz CT molecular complexity index is 382. The number of para-hydroxylation sites is 1. The number of aliphatic imine (C=N–C) groups is 1. The lowest BCUT2D eigenvalue weighted by atomic mass is 10.2. The smallest absolute Gasteiger partial charge is 0.109 e. The van der Waals surface area contributed by atoms with Gasteiger partial charge in [0.1, 0.15) is 7.22 Å². The van der Waals surface area contributed by atoms with Crippen molar-refractivity contribution in [2.45, 2.75) is 45.2 Å². The van der Waals surface area contributed by atoms with Crippen molar-refractivity contribution in [3.63, 3.8) is 0 Å². The second-order valence-corrected chi connectivity index (χ2v) is 14.7. The zero-order chi connectivity index (χ0) is 12.9. The molecule has 0 fully saturated rings. The maximum absolute atomic E-state index is 4.64. The molecule has 0 saturated carbocycles. The molecule has 3 heteroatoms. The topological polar surface area (TPSA) is 12.4 Å². The van der Waals surface area contributed by atoms with Crippen molar-refractivity contribution < 1.29 is 0 Å². The summed E-state index contributed by atoms with van der Waals surface area (Å²) < 4.78 is 0. The summed E-state index contributed by atoms with van der Waals surface area (Å²) in [5.74, 6) is 0. The van der Waals surface area contributed by atoms with E-state index < -0.39 is 7.22 Å². The molecule has 1 unspecified atom stereocenters. The molecule has 1 aromatic rings. The van der Waals surface area contributed by atoms with E-state index in [2.05, 4.69) is 74.1 Å². The summed E-state index contributed by atoms with van der Waals surface area (Å²) in [6.45, 7) is 11.5. The van der Waals surface area contributed by atoms with Crippen molar-refractivity contribution in [3.05, 3.63) is 29.8 Å². The van der Waals surface area contributed by atoms with E-state index in [1.54, 1.807) is 0 Å². The molecule has 0 radical (unpaired) electrons. The average Bonchev–Trinajstić information content (AvgIpc) is 2.24. The molecule has 0 bridgehead atoms. The van der Waals surface area contributed by atoms with E-state index in [1.165, 1.54) is 5.56 Å². The van der Waals surface area contributed by atoms with Crippen LogP contribution >= 0.6 is 11.2 Å². The normalized spacial score (nSPS) is 14.2. The van der Waals surface area contributed by atoms with E-state index in [0.29, 0.717) is 5.25 Å². The number of aryl methyl sites for hydroxylation is 1. The van der Waals surface area contributed by atoms with E-state index in [-0.39, 0.29) is 0 Å². The highest BCUT2D eigenvalue weighted by Crippen LogP contribution is 2.26. The van der Waals surface area contributed by atoms with Gasteiger partial charge in [-0.1, -0.05) is 44.8 Å². The lowest BCUT2D eigenvalue weighted by Gasteiger charge is -2.20. The number of hydrogen-bond donors (Lipinski definition) is 0. The van der Waals surface area contributed by atoms with Gasteiger partial charge in [-0.25, -0.2) is 0 Å². The van der Waals surface area contributed by atoms with Gasteiger partial charge in [-0.15, -0.1) is 0 Å². The minimum absolute atomic E-state index is 0.557. The molecule has 17 heavy (non-hydrogen) atoms. The quantitative estimate of drug-likeness (QED) is 0.536. The molecule has 1 aromatic carbocycles. The Hall–Kier alpha value is -0.543. The van der Waals surface area contributed by atoms with Crippen LogP contribution in [0.1, 0.15) is 18.9 Å². The Kier molecular flexibility index (Phi) is 5.47. The molecule has 0 aliphatic carbocycles. The number of hydrogen-bond acceptors (Lipinski definition) is 2. The van der Waals surface area contributed by atoms with Gasteiger partial charge in [0, 0.05) is 11.5 Å². The summed E-state index contributed by atoms with van der Waals surface area (Å²) in [6.07, 6.45) is 3.29. The molecule has 0 amide bonds. The van der Waals surface area contributed by atoms with Crippen LogP contribution in [-0.4, -0.2) is 18.7 Å². The molecule has 94 valence electrons. The zero-order valence-corrected chi connectivity index (χ0v) is 13.3. The molecule has 1 nitrogen and oxygen atoms in total. The van der Waals surface area contributed by atoms with Gasteiger partial charge >= 0.3 is 0 Å². The molecule has 1 atom stereocenters. The van der Waals surface area contributed by atoms with Gasteiger partial charge in [-0.3, -0.25) is 4.99 Å². The predicted molar refractivity (Wildman–Crippen MR) is 84.3 cm³/mol. The largest absolute Gasteiger partial charge is 0.260 e. The first-order chi connectivity index (χ1) is 7.92. The fraction of sp³-hybridized carbons (Fsp3) is 0.500. The highest BCUT2D eigenvalue weighted by Gasteiger charge is 2.18. The Labute approximate surface area is 110 Å². The van der Waals surface area contributed by atoms with Crippen LogP contribution in [0.4, 0.5) is 5.69 Å². The predicted octanol–water partition coefficient (Wildman–Crippen LogP) is 5.04. The molecule has 0 heterocycles. The molecule has 0 N–H and O–H groups in total. The standard InChI is InChI=1S/C14H23NSSi/c1-6-13(16-17(3,4)5)11-15-14-10-8-7-9-12(14)2/h7-11,13H,6H2,1-5H3. The molecule has 0 saturated heterocycles. The maximum Gasteiger partial charge on any atom is 0.109 e. The third-order valence-corrected chi connectivity index (χ3v) is 6.90. The van der Waals surface area contributed by atoms with Gasteiger partial charge in [0.25, 0.3) is 0 Å². The van der Waals surface area contributed by atoms with Crippen LogP contribution in [0.15, 0.2) is 29.3 Å². The average molecular weight is 265 g/mol. The van der Waals surface area contributed by atoms with Crippen LogP contribution < -0.4 is 0 Å². The van der Waals surface area contributed by atoms with Crippen LogP contribution in [0.3, 0.4) is 0 Å². The van der Waals surface area contributed by atoms with E-state index in [9.17, 15) is 0 Å². The first-order valence-corrected chi connectivity index (χ1v) is 11.3. The molecular formula is C14H23NSSi. The van der Waals surface area contributed by atoms with Crippen molar-refractivity contribution in [1.29, 1.82) is 0 Å². The molecule has 0 aromatic heterocycles. The van der Waals surface area contributed by atoms with Gasteiger partial charge in [0.2, 0.25) is 0 Å². The van der Waals surface area contributed by atoms with E-state index in [1.807, 2.05) is 6.07 Å². The van der Waals surface area contributed by atoms with E-state index >= 15 is 0 Å². The van der Waals surface area contributed by atoms with Gasteiger partial charge in [-0.05, 0) is 25.0 Å². The highest BCUT2D eigenvalue weighted by atomic mass is 32.4. The third-order valence-electron chi connectivity index (χ3n) is 2.40. The minimum atomic E-state index is -1.07. The lowest BCUT2D eigenvalue weighted by molar-refractivity contribution is 1.03. The first kappa shape index (κ1) is 14.5. The third kappa shape index (κ3) is 5.55. The summed E-state index contributed by atoms with van der Waals surface area (Å²) in [5.41, 5.74) is 2.35. The maximum atomic E-state index is 4.64. The summed E-state index contributed by atoms with van der Waals surface area (Å²) in [5, 5.41) is 0.557. The second kappa shape index (κ2) is 6.41. The van der Waals surface area contributed by atoms with Gasteiger partial charge < -0.3 is 0 Å². The zero-order valence-electron chi connectivity index (χ0n) is 11.5. The van der Waals surface area contributed by atoms with Crippen LogP contribution in [0.25, 0.3) is 0 Å². The van der Waals surface area contributed by atoms with Crippen molar-refractivity contribution in [3.8, 4) is 0 Å². The first-order valence-electron chi connectivity index (χ1n) is 6.20. The molecule has 0 aliphatic heterocycles. The van der Waals surface area contributed by atoms with Crippen molar-refractivity contribution >= 4 is 30.3 Å². The Morgan fingerprint density at radius 2 is 1.94 bits per heavy atom. The van der Waals surface area contributed by atoms with Gasteiger partial charge in [0.15, 0.2) is 0 Å². The molecule has 1 rings (SSSR count). The van der Waals surface area contributed by atoms with Crippen molar-refractivity contribution in [2.75, 3.05) is 0 Å². The summed E-state index contributed by atoms with van der Waals surface area (Å²) in [7, 11) is -1.07. The van der Waals surface area contributed by atoms with E-state index in [4.69, 9.17) is 0 Å².